The fourth-order valence-electron chi connectivity index (χ4n) is 1.34. The van der Waals surface area contributed by atoms with Gasteiger partial charge in [-0.1, -0.05) is 0 Å². The quantitative estimate of drug-likeness (QED) is 0.369. The monoisotopic (exact) mass is 326 g/mol. The molecule has 0 fully saturated rings. The van der Waals surface area contributed by atoms with Crippen molar-refractivity contribution in [2.24, 2.45) is 0 Å². The van der Waals surface area contributed by atoms with Crippen molar-refractivity contribution in [1.82, 2.24) is 9.97 Å². The molecular weight excluding hydrogens is 318 g/mol. The molecule has 0 aliphatic carbocycles. The number of fused-ring (bicyclic) bond motifs is 1. The summed E-state index contributed by atoms with van der Waals surface area (Å²) in [5.74, 6) is 0. The molecule has 96 valence electrons. The Morgan fingerprint density at radius 1 is 1.05 bits per heavy atom. The van der Waals surface area contributed by atoms with Crippen LogP contribution in [0.15, 0.2) is 28.3 Å². The smallest absolute Gasteiger partial charge is 1.00 e. The number of rotatable bonds is 2. The summed E-state index contributed by atoms with van der Waals surface area (Å²) in [6.07, 6.45) is 1.13. The van der Waals surface area contributed by atoms with E-state index in [1.165, 1.54) is 0 Å². The SMILES string of the molecule is O=S(=O)(O)c1cc(S(=O)(=O)O)c2nc[nH]c2c1.[H-].[H-].[Na+].[Na+]. The van der Waals surface area contributed by atoms with Crippen molar-refractivity contribution in [1.29, 1.82) is 0 Å². The van der Waals surface area contributed by atoms with E-state index in [0.29, 0.717) is 6.07 Å². The summed E-state index contributed by atoms with van der Waals surface area (Å²) in [5, 5.41) is 0. The summed E-state index contributed by atoms with van der Waals surface area (Å²) in [7, 11) is -9.22. The second-order valence-corrected chi connectivity index (χ2v) is 5.98. The molecule has 0 spiro atoms. The number of aromatic nitrogens is 2. The molecule has 0 unspecified atom stereocenters. The Hall–Kier alpha value is 0.510. The van der Waals surface area contributed by atoms with Crippen LogP contribution in [-0.4, -0.2) is 35.9 Å². The summed E-state index contributed by atoms with van der Waals surface area (Å²) >= 11 is 0. The van der Waals surface area contributed by atoms with Gasteiger partial charge in [-0.15, -0.1) is 0 Å². The third kappa shape index (κ3) is 4.24. The second-order valence-electron chi connectivity index (χ2n) is 3.17. The van der Waals surface area contributed by atoms with Crippen molar-refractivity contribution in [3.63, 3.8) is 0 Å². The average molecular weight is 326 g/mol. The van der Waals surface area contributed by atoms with E-state index in [4.69, 9.17) is 9.11 Å². The number of benzene rings is 1. The maximum absolute atomic E-state index is 11.0. The van der Waals surface area contributed by atoms with Crippen LogP contribution in [-0.2, 0) is 20.2 Å². The topological polar surface area (TPSA) is 137 Å². The molecule has 8 nitrogen and oxygen atoms in total. The standard InChI is InChI=1S/C7H6N2O6S2.2Na.2H/c10-16(11,12)4-1-5-7(9-3-8-5)6(2-4)17(13,14)15;;;;/h1-3H,(H,8,9)(H,10,11,12)(H,13,14,15);;;;/q;2*+1;2*-1. The molecule has 0 radical (unpaired) electrons. The zero-order valence-corrected chi connectivity index (χ0v) is 15.7. The zero-order valence-electron chi connectivity index (χ0n) is 12.0. The first-order valence-electron chi connectivity index (χ1n) is 4.12. The molecule has 0 aliphatic heterocycles. The maximum atomic E-state index is 11.0. The van der Waals surface area contributed by atoms with Crippen molar-refractivity contribution >= 4 is 31.3 Å². The minimum absolute atomic E-state index is 0. The summed E-state index contributed by atoms with van der Waals surface area (Å²) in [5.41, 5.74) is -0.0485. The first kappa shape index (κ1) is 19.5. The van der Waals surface area contributed by atoms with Gasteiger partial charge in [0.1, 0.15) is 10.4 Å². The second kappa shape index (κ2) is 6.52. The number of nitrogens with zero attached hydrogens (tertiary/aromatic N) is 1. The molecule has 2 aromatic rings. The van der Waals surface area contributed by atoms with E-state index in [-0.39, 0.29) is 73.0 Å². The number of hydrogen-bond acceptors (Lipinski definition) is 5. The molecule has 1 aromatic heterocycles. The number of imidazole rings is 1. The molecule has 2 rings (SSSR count). The van der Waals surface area contributed by atoms with Crippen LogP contribution in [0.3, 0.4) is 0 Å². The molecule has 0 amide bonds. The van der Waals surface area contributed by atoms with E-state index in [9.17, 15) is 16.8 Å². The predicted octanol–water partition coefficient (Wildman–Crippen LogP) is -5.71. The van der Waals surface area contributed by atoms with Crippen molar-refractivity contribution in [2.45, 2.75) is 9.79 Å². The number of aromatic amines is 1. The Bertz CT molecular complexity index is 808. The Morgan fingerprint density at radius 2 is 1.63 bits per heavy atom. The maximum Gasteiger partial charge on any atom is 1.00 e. The Labute approximate surface area is 156 Å². The molecule has 0 saturated carbocycles. The molecule has 19 heavy (non-hydrogen) atoms. The first-order valence-corrected chi connectivity index (χ1v) is 7.00. The van der Waals surface area contributed by atoms with Crippen molar-refractivity contribution in [2.75, 3.05) is 0 Å². The average Bonchev–Trinajstić information content (AvgIpc) is 2.59. The van der Waals surface area contributed by atoms with Gasteiger partial charge in [0, 0.05) is 0 Å². The summed E-state index contributed by atoms with van der Waals surface area (Å²) in [4.78, 5) is 4.78. The van der Waals surface area contributed by atoms with Crippen LogP contribution in [0.5, 0.6) is 0 Å². The van der Waals surface area contributed by atoms with Crippen LogP contribution < -0.4 is 59.1 Å². The van der Waals surface area contributed by atoms with E-state index < -0.39 is 30.0 Å². The van der Waals surface area contributed by atoms with Crippen LogP contribution in [0.4, 0.5) is 0 Å². The Balaban J connectivity index is -0.000000810. The summed E-state index contributed by atoms with van der Waals surface area (Å²) < 4.78 is 61.7. The summed E-state index contributed by atoms with van der Waals surface area (Å²) in [6, 6.07) is 1.64. The van der Waals surface area contributed by atoms with Gasteiger partial charge < -0.3 is 7.84 Å². The minimum Gasteiger partial charge on any atom is -1.00 e. The molecular formula is C7H8N2Na2O6S2. The van der Waals surface area contributed by atoms with Crippen LogP contribution >= 0.6 is 0 Å². The number of H-pyrrole nitrogens is 1. The van der Waals surface area contributed by atoms with Gasteiger partial charge in [-0.05, 0) is 12.1 Å². The third-order valence-corrected chi connectivity index (χ3v) is 3.74. The molecule has 0 atom stereocenters. The van der Waals surface area contributed by atoms with E-state index in [2.05, 4.69) is 9.97 Å². The van der Waals surface area contributed by atoms with Gasteiger partial charge in [0.2, 0.25) is 0 Å². The molecule has 3 N–H and O–H groups in total. The Kier molecular flexibility index (Phi) is 6.69. The van der Waals surface area contributed by atoms with Crippen LogP contribution in [0.25, 0.3) is 11.0 Å². The molecule has 0 aliphatic rings. The van der Waals surface area contributed by atoms with E-state index in [1.54, 1.807) is 0 Å². The molecule has 0 bridgehead atoms. The first-order chi connectivity index (χ1) is 7.69. The van der Waals surface area contributed by atoms with Gasteiger partial charge in [0.05, 0.1) is 16.7 Å². The normalized spacial score (nSPS) is 11.7. The summed E-state index contributed by atoms with van der Waals surface area (Å²) in [6.45, 7) is 0. The van der Waals surface area contributed by atoms with Crippen molar-refractivity contribution < 1.29 is 87.9 Å². The van der Waals surface area contributed by atoms with Crippen molar-refractivity contribution in [3.05, 3.63) is 18.5 Å². The van der Waals surface area contributed by atoms with E-state index in [1.807, 2.05) is 0 Å². The molecule has 1 aromatic carbocycles. The van der Waals surface area contributed by atoms with Crippen LogP contribution in [0, 0.1) is 0 Å². The number of hydrogen-bond donors (Lipinski definition) is 3. The number of nitrogens with one attached hydrogen (secondary N) is 1. The van der Waals surface area contributed by atoms with Gasteiger partial charge in [-0.2, -0.15) is 16.8 Å². The molecule has 12 heteroatoms. The Morgan fingerprint density at radius 3 is 2.11 bits per heavy atom. The molecule has 0 saturated heterocycles. The van der Waals surface area contributed by atoms with E-state index in [0.717, 1.165) is 12.4 Å². The third-order valence-electron chi connectivity index (χ3n) is 2.04. The van der Waals surface area contributed by atoms with Gasteiger partial charge in [-0.3, -0.25) is 9.11 Å². The van der Waals surface area contributed by atoms with Gasteiger partial charge >= 0.3 is 59.1 Å². The fourth-order valence-corrected chi connectivity index (χ4v) is 2.63. The van der Waals surface area contributed by atoms with Gasteiger partial charge in [0.15, 0.2) is 0 Å². The zero-order chi connectivity index (χ0) is 12.8. The van der Waals surface area contributed by atoms with Crippen LogP contribution in [0.2, 0.25) is 0 Å². The van der Waals surface area contributed by atoms with Crippen LogP contribution in [0.1, 0.15) is 2.85 Å². The molecule has 1 heterocycles. The minimum atomic E-state index is -4.64. The predicted molar refractivity (Wildman–Crippen MR) is 57.9 cm³/mol. The largest absolute Gasteiger partial charge is 1.00 e. The van der Waals surface area contributed by atoms with E-state index >= 15 is 0 Å². The van der Waals surface area contributed by atoms with Gasteiger partial charge in [0.25, 0.3) is 20.2 Å². The van der Waals surface area contributed by atoms with Gasteiger partial charge in [-0.25, -0.2) is 4.98 Å². The fraction of sp³-hybridized carbons (Fsp3) is 0. The van der Waals surface area contributed by atoms with Crippen molar-refractivity contribution in [3.8, 4) is 0 Å².